The van der Waals surface area contributed by atoms with Gasteiger partial charge in [0, 0.05) is 21.6 Å². The number of rotatable bonds is 2. The van der Waals surface area contributed by atoms with Gasteiger partial charge in [-0.1, -0.05) is 23.2 Å². The molecule has 0 amide bonds. The van der Waals surface area contributed by atoms with E-state index in [-0.39, 0.29) is 31.1 Å². The lowest BCUT2D eigenvalue weighted by molar-refractivity contribution is 0.480. The van der Waals surface area contributed by atoms with Gasteiger partial charge < -0.3 is 5.11 Å². The number of nitrogens with zero attached hydrogens (tertiary/aromatic N) is 1. The number of hydrogen-bond donors (Lipinski definition) is 1. The molecule has 1 N–H and O–H groups in total. The number of sulfone groups is 1. The Balaban J connectivity index is 2.33. The highest BCUT2D eigenvalue weighted by Crippen LogP contribution is 2.33. The zero-order valence-electron chi connectivity index (χ0n) is 11.0. The van der Waals surface area contributed by atoms with Crippen LogP contribution in [0.4, 0.5) is 0 Å². The zero-order valence-corrected chi connectivity index (χ0v) is 13.3. The molecule has 0 saturated heterocycles. The number of phenols is 1. The third-order valence-electron chi connectivity index (χ3n) is 3.14. The Labute approximate surface area is 136 Å². The maximum Gasteiger partial charge on any atom is 0.207 e. The van der Waals surface area contributed by atoms with Crippen LogP contribution in [0.15, 0.2) is 58.5 Å². The van der Waals surface area contributed by atoms with E-state index < -0.39 is 9.84 Å². The molecule has 7 heteroatoms. The largest absolute Gasteiger partial charge is 0.506 e. The maximum absolute atomic E-state index is 12.8. The monoisotopic (exact) mass is 353 g/mol. The third-order valence-corrected chi connectivity index (χ3v) is 5.37. The van der Waals surface area contributed by atoms with Crippen LogP contribution in [0, 0.1) is 0 Å². The lowest BCUT2D eigenvalue weighted by Crippen LogP contribution is -2.03. The van der Waals surface area contributed by atoms with E-state index in [1.165, 1.54) is 36.5 Å². The molecule has 1 heterocycles. The summed E-state index contributed by atoms with van der Waals surface area (Å²) in [6.07, 6.45) is 1.48. The second-order valence-electron chi connectivity index (χ2n) is 4.59. The summed E-state index contributed by atoms with van der Waals surface area (Å²) in [5.41, 5.74) is 0.219. The first kappa shape index (κ1) is 15.1. The third kappa shape index (κ3) is 2.52. The number of hydrogen-bond acceptors (Lipinski definition) is 4. The van der Waals surface area contributed by atoms with Gasteiger partial charge in [-0.25, -0.2) is 8.42 Å². The molecule has 22 heavy (non-hydrogen) atoms. The van der Waals surface area contributed by atoms with E-state index in [4.69, 9.17) is 23.2 Å². The van der Waals surface area contributed by atoms with Crippen LogP contribution in [0.1, 0.15) is 0 Å². The first-order valence-electron chi connectivity index (χ1n) is 6.17. The summed E-state index contributed by atoms with van der Waals surface area (Å²) in [6.45, 7) is 0. The fourth-order valence-electron chi connectivity index (χ4n) is 2.18. The molecular weight excluding hydrogens is 345 g/mol. The van der Waals surface area contributed by atoms with E-state index in [1.54, 1.807) is 12.1 Å². The summed E-state index contributed by atoms with van der Waals surface area (Å²) < 4.78 is 25.7. The highest BCUT2D eigenvalue weighted by molar-refractivity contribution is 7.91. The standard InChI is InChI=1S/C15H9Cl2NO3S/c16-9-6-10(17)8-11(7-9)22(20,21)14-4-3-13(19)15-12(14)2-1-5-18-15/h1-8,19H. The molecule has 0 aliphatic heterocycles. The van der Waals surface area contributed by atoms with Gasteiger partial charge in [0.05, 0.1) is 9.79 Å². The summed E-state index contributed by atoms with van der Waals surface area (Å²) in [5, 5.41) is 10.6. The minimum Gasteiger partial charge on any atom is -0.506 e. The molecule has 3 aromatic rings. The van der Waals surface area contributed by atoms with Crippen LogP contribution in [0.25, 0.3) is 10.9 Å². The van der Waals surface area contributed by atoms with Crippen molar-refractivity contribution in [1.29, 1.82) is 0 Å². The number of aromatic hydroxyl groups is 1. The van der Waals surface area contributed by atoms with Crippen LogP contribution in [0.5, 0.6) is 5.75 Å². The van der Waals surface area contributed by atoms with Crippen molar-refractivity contribution in [2.75, 3.05) is 0 Å². The van der Waals surface area contributed by atoms with Crippen molar-refractivity contribution in [3.05, 3.63) is 58.7 Å². The summed E-state index contributed by atoms with van der Waals surface area (Å²) in [7, 11) is -3.85. The molecule has 0 radical (unpaired) electrons. The highest BCUT2D eigenvalue weighted by atomic mass is 35.5. The molecule has 0 atom stereocenters. The van der Waals surface area contributed by atoms with Gasteiger partial charge in [-0.05, 0) is 42.5 Å². The Morgan fingerprint density at radius 3 is 2.36 bits per heavy atom. The molecule has 0 fully saturated rings. The van der Waals surface area contributed by atoms with E-state index in [9.17, 15) is 13.5 Å². The number of fused-ring (bicyclic) bond motifs is 1. The molecule has 0 spiro atoms. The fourth-order valence-corrected chi connectivity index (χ4v) is 4.35. The predicted octanol–water partition coefficient (Wildman–Crippen LogP) is 4.08. The maximum atomic E-state index is 12.8. The van der Waals surface area contributed by atoms with Gasteiger partial charge in [-0.3, -0.25) is 4.98 Å². The minimum atomic E-state index is -3.85. The molecule has 2 aromatic carbocycles. The van der Waals surface area contributed by atoms with Crippen molar-refractivity contribution < 1.29 is 13.5 Å². The lowest BCUT2D eigenvalue weighted by Gasteiger charge is -2.09. The molecule has 4 nitrogen and oxygen atoms in total. The molecule has 1 aromatic heterocycles. The van der Waals surface area contributed by atoms with E-state index in [0.717, 1.165) is 0 Å². The molecule has 0 saturated carbocycles. The Kier molecular flexibility index (Phi) is 3.72. The van der Waals surface area contributed by atoms with Gasteiger partial charge in [0.1, 0.15) is 11.3 Å². The van der Waals surface area contributed by atoms with E-state index in [2.05, 4.69) is 4.98 Å². The number of phenolic OH excluding ortho intramolecular Hbond substituents is 1. The summed E-state index contributed by atoms with van der Waals surface area (Å²) in [4.78, 5) is 4.04. The first-order chi connectivity index (χ1) is 10.4. The quantitative estimate of drug-likeness (QED) is 0.753. The van der Waals surface area contributed by atoms with E-state index >= 15 is 0 Å². The molecule has 0 aliphatic rings. The fraction of sp³-hybridized carbons (Fsp3) is 0. The molecule has 0 bridgehead atoms. The molecule has 3 rings (SSSR count). The van der Waals surface area contributed by atoms with Crippen LogP contribution in [0.3, 0.4) is 0 Å². The zero-order chi connectivity index (χ0) is 15.9. The Hall–Kier alpha value is -1.82. The molecule has 112 valence electrons. The second-order valence-corrected chi connectivity index (χ2v) is 7.38. The number of halogens is 2. The average molecular weight is 354 g/mol. The predicted molar refractivity (Wildman–Crippen MR) is 85.3 cm³/mol. The Morgan fingerprint density at radius 2 is 1.68 bits per heavy atom. The van der Waals surface area contributed by atoms with Gasteiger partial charge in [-0.15, -0.1) is 0 Å². The summed E-state index contributed by atoms with van der Waals surface area (Å²) in [5.74, 6) is -0.0846. The Bertz CT molecular complexity index is 967. The SMILES string of the molecule is O=S(=O)(c1cc(Cl)cc(Cl)c1)c1ccc(O)c2ncccc12. The summed E-state index contributed by atoms with van der Waals surface area (Å²) in [6, 6.07) is 9.94. The Morgan fingerprint density at radius 1 is 1.00 bits per heavy atom. The first-order valence-corrected chi connectivity index (χ1v) is 8.41. The van der Waals surface area contributed by atoms with Gasteiger partial charge in [0.25, 0.3) is 0 Å². The van der Waals surface area contributed by atoms with Gasteiger partial charge in [0.2, 0.25) is 9.84 Å². The van der Waals surface area contributed by atoms with Crippen molar-refractivity contribution in [3.8, 4) is 5.75 Å². The highest BCUT2D eigenvalue weighted by Gasteiger charge is 2.22. The van der Waals surface area contributed by atoms with Crippen LogP contribution in [0.2, 0.25) is 10.0 Å². The number of pyridine rings is 1. The van der Waals surface area contributed by atoms with Crippen LogP contribution in [-0.2, 0) is 9.84 Å². The second kappa shape index (κ2) is 5.43. The van der Waals surface area contributed by atoms with Crippen molar-refractivity contribution in [3.63, 3.8) is 0 Å². The van der Waals surface area contributed by atoms with Gasteiger partial charge in [0.15, 0.2) is 0 Å². The van der Waals surface area contributed by atoms with Crippen molar-refractivity contribution in [1.82, 2.24) is 4.98 Å². The van der Waals surface area contributed by atoms with E-state index in [1.807, 2.05) is 0 Å². The molecule has 0 aliphatic carbocycles. The molecular formula is C15H9Cl2NO3S. The smallest absolute Gasteiger partial charge is 0.207 e. The van der Waals surface area contributed by atoms with Crippen molar-refractivity contribution in [2.24, 2.45) is 0 Å². The topological polar surface area (TPSA) is 67.3 Å². The molecule has 0 unspecified atom stereocenters. The minimum absolute atomic E-state index is 0.0131. The normalized spacial score (nSPS) is 11.7. The number of aromatic nitrogens is 1. The summed E-state index contributed by atoms with van der Waals surface area (Å²) >= 11 is 11.8. The van der Waals surface area contributed by atoms with Crippen molar-refractivity contribution >= 4 is 43.9 Å². The van der Waals surface area contributed by atoms with Crippen LogP contribution < -0.4 is 0 Å². The van der Waals surface area contributed by atoms with Crippen LogP contribution in [-0.4, -0.2) is 18.5 Å². The van der Waals surface area contributed by atoms with Gasteiger partial charge in [-0.2, -0.15) is 0 Å². The van der Waals surface area contributed by atoms with Crippen molar-refractivity contribution in [2.45, 2.75) is 9.79 Å². The van der Waals surface area contributed by atoms with Crippen LogP contribution >= 0.6 is 23.2 Å². The van der Waals surface area contributed by atoms with Gasteiger partial charge >= 0.3 is 0 Å². The number of benzene rings is 2. The lowest BCUT2D eigenvalue weighted by atomic mass is 10.2. The van der Waals surface area contributed by atoms with E-state index in [0.29, 0.717) is 5.39 Å². The average Bonchev–Trinajstić information content (AvgIpc) is 2.46.